The lowest BCUT2D eigenvalue weighted by atomic mass is 9.86. The fraction of sp³-hybridized carbons (Fsp3) is 0.370. The molecule has 0 aliphatic heterocycles. The molecule has 3 aromatic rings. The van der Waals surface area contributed by atoms with Crippen molar-refractivity contribution >= 4 is 29.5 Å². The van der Waals surface area contributed by atoms with Gasteiger partial charge < -0.3 is 15.2 Å². The van der Waals surface area contributed by atoms with Crippen molar-refractivity contribution in [1.82, 2.24) is 5.32 Å². The van der Waals surface area contributed by atoms with Gasteiger partial charge in [-0.1, -0.05) is 48.5 Å². The molecule has 2 N–H and O–H groups in total. The minimum absolute atomic E-state index is 0. The van der Waals surface area contributed by atoms with Crippen LogP contribution < -0.4 is 10.1 Å². The first-order valence-electron chi connectivity index (χ1n) is 11.5. The number of ketones is 1. The molecule has 4 atom stereocenters. The Balaban J connectivity index is 0.00000259. The van der Waals surface area contributed by atoms with Crippen molar-refractivity contribution in [3.63, 3.8) is 0 Å². The molecule has 0 saturated heterocycles. The van der Waals surface area contributed by atoms with Crippen LogP contribution >= 0.6 is 23.7 Å². The normalized spacial score (nSPS) is 24.2. The number of para-hydroxylation sites is 1. The number of aliphatic hydroxyl groups excluding tert-OH is 1. The molecule has 5 rings (SSSR count). The van der Waals surface area contributed by atoms with Crippen LogP contribution in [0, 0.1) is 12.8 Å². The van der Waals surface area contributed by atoms with Gasteiger partial charge in [-0.25, -0.2) is 0 Å². The molecule has 0 amide bonds. The maximum absolute atomic E-state index is 13.2. The third-order valence-electron chi connectivity index (χ3n) is 6.78. The van der Waals surface area contributed by atoms with Crippen molar-refractivity contribution in [2.45, 2.75) is 50.9 Å². The molecule has 174 valence electrons. The summed E-state index contributed by atoms with van der Waals surface area (Å²) in [5, 5.41) is 14.3. The first-order valence-corrected chi connectivity index (χ1v) is 12.3. The van der Waals surface area contributed by atoms with Gasteiger partial charge in [0.15, 0.2) is 5.78 Å². The standard InChI is InChI=1S/C27H29NO3S.ClH/c1-17-7-5-6-10-22(17)31-23-13-12-21(27(23)30)28-16-19-11-14-24-20(26(19)29)15-25(32-24)18-8-3-2-4-9-18;/h2-10,15,19,21,23,27-28,30H,11-14,16H2,1H3;1H. The van der Waals surface area contributed by atoms with Crippen LogP contribution in [0.15, 0.2) is 60.7 Å². The van der Waals surface area contributed by atoms with Crippen molar-refractivity contribution in [3.05, 3.63) is 76.7 Å². The van der Waals surface area contributed by atoms with Gasteiger partial charge in [0.1, 0.15) is 18.0 Å². The Labute approximate surface area is 205 Å². The summed E-state index contributed by atoms with van der Waals surface area (Å²) < 4.78 is 6.10. The highest BCUT2D eigenvalue weighted by Gasteiger charge is 2.37. The molecular formula is C27H30ClNO3S. The van der Waals surface area contributed by atoms with E-state index in [1.165, 1.54) is 15.3 Å². The van der Waals surface area contributed by atoms with Gasteiger partial charge in [0.2, 0.25) is 0 Å². The fourth-order valence-electron chi connectivity index (χ4n) is 4.86. The quantitative estimate of drug-likeness (QED) is 0.489. The lowest BCUT2D eigenvalue weighted by Gasteiger charge is -2.26. The lowest BCUT2D eigenvalue weighted by Crippen LogP contribution is -2.44. The average molecular weight is 484 g/mol. The SMILES string of the molecule is Cc1ccccc1OC1CCC(NCC2CCc3sc(-c4ccccc4)cc3C2=O)C1O.Cl. The minimum atomic E-state index is -0.574. The summed E-state index contributed by atoms with van der Waals surface area (Å²) in [6.07, 6.45) is 2.67. The lowest BCUT2D eigenvalue weighted by molar-refractivity contribution is 0.0438. The van der Waals surface area contributed by atoms with Gasteiger partial charge in [-0.05, 0) is 55.9 Å². The molecule has 4 unspecified atom stereocenters. The van der Waals surface area contributed by atoms with E-state index in [0.29, 0.717) is 6.54 Å². The first-order chi connectivity index (χ1) is 15.6. The number of aryl methyl sites for hydroxylation is 2. The van der Waals surface area contributed by atoms with E-state index in [4.69, 9.17) is 4.74 Å². The van der Waals surface area contributed by atoms with E-state index in [-0.39, 0.29) is 36.3 Å². The number of Topliss-reactive ketones (excluding diaryl/α,β-unsaturated/α-hetero) is 1. The predicted molar refractivity (Wildman–Crippen MR) is 136 cm³/mol. The highest BCUT2D eigenvalue weighted by atomic mass is 35.5. The van der Waals surface area contributed by atoms with Crippen molar-refractivity contribution in [3.8, 4) is 16.2 Å². The molecule has 4 nitrogen and oxygen atoms in total. The van der Waals surface area contributed by atoms with E-state index in [9.17, 15) is 9.90 Å². The number of hydrogen-bond donors (Lipinski definition) is 2. The van der Waals surface area contributed by atoms with Gasteiger partial charge in [0.05, 0.1) is 0 Å². The Morgan fingerprint density at radius 1 is 1.06 bits per heavy atom. The molecule has 33 heavy (non-hydrogen) atoms. The van der Waals surface area contributed by atoms with Crippen LogP contribution in [0.2, 0.25) is 0 Å². The smallest absolute Gasteiger partial charge is 0.168 e. The molecule has 2 aliphatic carbocycles. The third-order valence-corrected chi connectivity index (χ3v) is 8.02. The predicted octanol–water partition coefficient (Wildman–Crippen LogP) is 5.45. The molecule has 0 radical (unpaired) electrons. The molecule has 1 fully saturated rings. The van der Waals surface area contributed by atoms with Crippen LogP contribution in [0.25, 0.3) is 10.4 Å². The Morgan fingerprint density at radius 2 is 1.82 bits per heavy atom. The van der Waals surface area contributed by atoms with E-state index in [1.807, 2.05) is 49.4 Å². The minimum Gasteiger partial charge on any atom is -0.487 e. The number of thiophene rings is 1. The highest BCUT2D eigenvalue weighted by Crippen LogP contribution is 2.37. The Hall–Kier alpha value is -2.18. The van der Waals surface area contributed by atoms with Crippen molar-refractivity contribution < 1.29 is 14.6 Å². The van der Waals surface area contributed by atoms with Gasteiger partial charge in [0.25, 0.3) is 0 Å². The second kappa shape index (κ2) is 10.4. The highest BCUT2D eigenvalue weighted by molar-refractivity contribution is 7.15. The molecule has 2 aliphatic rings. The van der Waals surface area contributed by atoms with Gasteiger partial charge in [-0.2, -0.15) is 0 Å². The maximum atomic E-state index is 13.2. The maximum Gasteiger partial charge on any atom is 0.168 e. The zero-order chi connectivity index (χ0) is 22.1. The van der Waals surface area contributed by atoms with Gasteiger partial charge in [-0.15, -0.1) is 23.7 Å². The van der Waals surface area contributed by atoms with Crippen LogP contribution in [-0.4, -0.2) is 35.7 Å². The third kappa shape index (κ3) is 5.02. The summed E-state index contributed by atoms with van der Waals surface area (Å²) in [5.41, 5.74) is 3.13. The Morgan fingerprint density at radius 3 is 2.61 bits per heavy atom. The molecule has 1 aromatic heterocycles. The summed E-state index contributed by atoms with van der Waals surface area (Å²) in [6, 6.07) is 20.2. The number of ether oxygens (including phenoxy) is 1. The van der Waals surface area contributed by atoms with E-state index in [0.717, 1.165) is 42.6 Å². The fourth-order valence-corrected chi connectivity index (χ4v) is 6.05. The number of aliphatic hydroxyl groups is 1. The summed E-state index contributed by atoms with van der Waals surface area (Å²) in [5.74, 6) is 1.03. The van der Waals surface area contributed by atoms with Crippen LogP contribution in [-0.2, 0) is 6.42 Å². The summed E-state index contributed by atoms with van der Waals surface area (Å²) >= 11 is 1.74. The van der Waals surface area contributed by atoms with Crippen molar-refractivity contribution in [1.29, 1.82) is 0 Å². The van der Waals surface area contributed by atoms with E-state index < -0.39 is 6.10 Å². The second-order valence-electron chi connectivity index (χ2n) is 8.92. The van der Waals surface area contributed by atoms with Crippen LogP contribution in [0.4, 0.5) is 0 Å². The van der Waals surface area contributed by atoms with Gasteiger partial charge in [0, 0.05) is 33.8 Å². The number of halogens is 1. The summed E-state index contributed by atoms with van der Waals surface area (Å²) in [4.78, 5) is 15.5. The second-order valence-corrected chi connectivity index (χ2v) is 10.1. The number of hydrogen-bond acceptors (Lipinski definition) is 5. The first kappa shape index (κ1) is 24.0. The molecule has 1 heterocycles. The van der Waals surface area contributed by atoms with Gasteiger partial charge >= 0.3 is 0 Å². The van der Waals surface area contributed by atoms with E-state index >= 15 is 0 Å². The number of nitrogens with one attached hydrogen (secondary N) is 1. The zero-order valence-corrected chi connectivity index (χ0v) is 20.3. The largest absolute Gasteiger partial charge is 0.487 e. The molecule has 1 saturated carbocycles. The van der Waals surface area contributed by atoms with Crippen molar-refractivity contribution in [2.75, 3.05) is 6.54 Å². The number of fused-ring (bicyclic) bond motifs is 1. The molecule has 6 heteroatoms. The van der Waals surface area contributed by atoms with Crippen LogP contribution in [0.3, 0.4) is 0 Å². The number of carbonyl (C=O) groups excluding carboxylic acids is 1. The molecule has 2 aromatic carbocycles. The topological polar surface area (TPSA) is 58.6 Å². The van der Waals surface area contributed by atoms with Crippen LogP contribution in [0.5, 0.6) is 5.75 Å². The summed E-state index contributed by atoms with van der Waals surface area (Å²) in [7, 11) is 0. The average Bonchev–Trinajstić information content (AvgIpc) is 3.40. The molecule has 0 spiro atoms. The summed E-state index contributed by atoms with van der Waals surface area (Å²) in [6.45, 7) is 2.62. The molecule has 0 bridgehead atoms. The van der Waals surface area contributed by atoms with Crippen LogP contribution in [0.1, 0.15) is 40.1 Å². The zero-order valence-electron chi connectivity index (χ0n) is 18.7. The van der Waals surface area contributed by atoms with E-state index in [1.54, 1.807) is 11.3 Å². The molecular weight excluding hydrogens is 454 g/mol. The van der Waals surface area contributed by atoms with E-state index in [2.05, 4.69) is 23.5 Å². The number of carbonyl (C=O) groups is 1. The van der Waals surface area contributed by atoms with Crippen molar-refractivity contribution in [2.24, 2.45) is 5.92 Å². The Bertz CT molecular complexity index is 1100. The Kier molecular flexibility index (Phi) is 7.55. The number of rotatable bonds is 6. The van der Waals surface area contributed by atoms with Gasteiger partial charge in [-0.3, -0.25) is 4.79 Å². The monoisotopic (exact) mass is 483 g/mol. The number of benzene rings is 2.